The lowest BCUT2D eigenvalue weighted by molar-refractivity contribution is -0.148. The number of rotatable bonds is 6. The SMILES string of the molecule is CC(C)(C)NC(=O)COC(=O)CCC(=O)c1ccc2c(c1)OCCO2. The molecule has 1 heterocycles. The Labute approximate surface area is 146 Å². The van der Waals surface area contributed by atoms with Crippen molar-refractivity contribution in [2.75, 3.05) is 19.8 Å². The Hall–Kier alpha value is -2.57. The van der Waals surface area contributed by atoms with Crippen LogP contribution in [0.3, 0.4) is 0 Å². The van der Waals surface area contributed by atoms with E-state index in [1.54, 1.807) is 18.2 Å². The third-order valence-electron chi connectivity index (χ3n) is 3.30. The van der Waals surface area contributed by atoms with Crippen LogP contribution in [0.25, 0.3) is 0 Å². The van der Waals surface area contributed by atoms with E-state index in [1.165, 1.54) is 0 Å². The van der Waals surface area contributed by atoms with Crippen molar-refractivity contribution >= 4 is 17.7 Å². The summed E-state index contributed by atoms with van der Waals surface area (Å²) >= 11 is 0. The van der Waals surface area contributed by atoms with Crippen LogP contribution in [0.15, 0.2) is 18.2 Å². The molecule has 0 unspecified atom stereocenters. The van der Waals surface area contributed by atoms with Crippen molar-refractivity contribution in [3.8, 4) is 11.5 Å². The molecule has 1 aromatic rings. The van der Waals surface area contributed by atoms with Gasteiger partial charge in [-0.1, -0.05) is 0 Å². The van der Waals surface area contributed by atoms with Crippen molar-refractivity contribution in [3.05, 3.63) is 23.8 Å². The van der Waals surface area contributed by atoms with E-state index in [4.69, 9.17) is 14.2 Å². The zero-order valence-electron chi connectivity index (χ0n) is 14.7. The monoisotopic (exact) mass is 349 g/mol. The maximum atomic E-state index is 12.2. The topological polar surface area (TPSA) is 90.9 Å². The van der Waals surface area contributed by atoms with E-state index in [2.05, 4.69) is 5.32 Å². The van der Waals surface area contributed by atoms with E-state index in [-0.39, 0.29) is 31.1 Å². The third kappa shape index (κ3) is 6.10. The van der Waals surface area contributed by atoms with Gasteiger partial charge in [-0.15, -0.1) is 0 Å². The fourth-order valence-corrected chi connectivity index (χ4v) is 2.25. The molecule has 136 valence electrons. The van der Waals surface area contributed by atoms with Crippen molar-refractivity contribution in [1.82, 2.24) is 5.32 Å². The molecule has 1 aliphatic heterocycles. The van der Waals surface area contributed by atoms with Gasteiger partial charge in [-0.2, -0.15) is 0 Å². The minimum Gasteiger partial charge on any atom is -0.486 e. The molecule has 1 amide bonds. The molecule has 0 spiro atoms. The highest BCUT2D eigenvalue weighted by Crippen LogP contribution is 2.31. The van der Waals surface area contributed by atoms with Gasteiger partial charge in [0, 0.05) is 17.5 Å². The predicted molar refractivity (Wildman–Crippen MR) is 89.9 cm³/mol. The van der Waals surface area contributed by atoms with Crippen LogP contribution < -0.4 is 14.8 Å². The number of carbonyl (C=O) groups is 3. The first-order chi connectivity index (χ1) is 11.7. The zero-order valence-corrected chi connectivity index (χ0v) is 14.7. The van der Waals surface area contributed by atoms with Crippen molar-refractivity contribution in [3.63, 3.8) is 0 Å². The zero-order chi connectivity index (χ0) is 18.4. The molecule has 0 atom stereocenters. The number of esters is 1. The van der Waals surface area contributed by atoms with Gasteiger partial charge in [-0.25, -0.2) is 0 Å². The van der Waals surface area contributed by atoms with Crippen LogP contribution in [0.2, 0.25) is 0 Å². The second kappa shape index (κ2) is 8.00. The summed E-state index contributed by atoms with van der Waals surface area (Å²) in [7, 11) is 0. The molecular weight excluding hydrogens is 326 g/mol. The molecule has 0 saturated heterocycles. The number of benzene rings is 1. The van der Waals surface area contributed by atoms with Crippen LogP contribution in [0, 0.1) is 0 Å². The molecule has 0 radical (unpaired) electrons. The number of carbonyl (C=O) groups excluding carboxylic acids is 3. The van der Waals surface area contributed by atoms with Gasteiger partial charge < -0.3 is 19.5 Å². The summed E-state index contributed by atoms with van der Waals surface area (Å²) in [6.45, 7) is 6.06. The van der Waals surface area contributed by atoms with Gasteiger partial charge in [-0.3, -0.25) is 14.4 Å². The van der Waals surface area contributed by atoms with E-state index in [0.717, 1.165) is 0 Å². The molecule has 0 bridgehead atoms. The Balaban J connectivity index is 1.78. The van der Waals surface area contributed by atoms with E-state index < -0.39 is 11.5 Å². The molecule has 0 aromatic heterocycles. The average molecular weight is 349 g/mol. The summed E-state index contributed by atoms with van der Waals surface area (Å²) in [6, 6.07) is 4.92. The molecule has 25 heavy (non-hydrogen) atoms. The van der Waals surface area contributed by atoms with Crippen molar-refractivity contribution in [1.29, 1.82) is 0 Å². The van der Waals surface area contributed by atoms with Gasteiger partial charge in [0.05, 0.1) is 6.42 Å². The van der Waals surface area contributed by atoms with Gasteiger partial charge in [-0.05, 0) is 39.0 Å². The highest BCUT2D eigenvalue weighted by molar-refractivity contribution is 5.98. The second-order valence-electron chi connectivity index (χ2n) is 6.74. The van der Waals surface area contributed by atoms with Crippen molar-refractivity contribution in [2.24, 2.45) is 0 Å². The summed E-state index contributed by atoms with van der Waals surface area (Å²) in [5, 5.41) is 2.69. The number of ether oxygens (including phenoxy) is 3. The van der Waals surface area contributed by atoms with Gasteiger partial charge in [0.2, 0.25) is 0 Å². The maximum Gasteiger partial charge on any atom is 0.306 e. The highest BCUT2D eigenvalue weighted by Gasteiger charge is 2.18. The first-order valence-electron chi connectivity index (χ1n) is 8.14. The minimum atomic E-state index is -0.588. The number of amides is 1. The van der Waals surface area contributed by atoms with Crippen LogP contribution in [0.4, 0.5) is 0 Å². The highest BCUT2D eigenvalue weighted by atomic mass is 16.6. The molecule has 0 fully saturated rings. The maximum absolute atomic E-state index is 12.2. The molecule has 7 heteroatoms. The normalized spacial score (nSPS) is 13.1. The third-order valence-corrected chi connectivity index (χ3v) is 3.30. The quantitative estimate of drug-likeness (QED) is 0.623. The molecule has 7 nitrogen and oxygen atoms in total. The lowest BCUT2D eigenvalue weighted by Crippen LogP contribution is -2.42. The Bertz CT molecular complexity index is 662. The van der Waals surface area contributed by atoms with E-state index in [9.17, 15) is 14.4 Å². The second-order valence-corrected chi connectivity index (χ2v) is 6.74. The van der Waals surface area contributed by atoms with Gasteiger partial charge in [0.25, 0.3) is 5.91 Å². The molecule has 1 N–H and O–H groups in total. The largest absolute Gasteiger partial charge is 0.486 e. The predicted octanol–water partition coefficient (Wildman–Crippen LogP) is 1.88. The smallest absolute Gasteiger partial charge is 0.306 e. The Kier molecular flexibility index (Phi) is 6.01. The number of nitrogens with one attached hydrogen (secondary N) is 1. The van der Waals surface area contributed by atoms with Crippen LogP contribution in [0.5, 0.6) is 11.5 Å². The summed E-state index contributed by atoms with van der Waals surface area (Å²) in [4.78, 5) is 35.4. The van der Waals surface area contributed by atoms with Gasteiger partial charge >= 0.3 is 5.97 Å². The Morgan fingerprint density at radius 1 is 1.08 bits per heavy atom. The fourth-order valence-electron chi connectivity index (χ4n) is 2.25. The number of ketones is 1. The first-order valence-corrected chi connectivity index (χ1v) is 8.14. The minimum absolute atomic E-state index is 0.000628. The molecule has 2 rings (SSSR count). The molecule has 0 saturated carbocycles. The number of fused-ring (bicyclic) bond motifs is 1. The van der Waals surface area contributed by atoms with E-state index in [0.29, 0.717) is 30.3 Å². The van der Waals surface area contributed by atoms with Crippen LogP contribution >= 0.6 is 0 Å². The van der Waals surface area contributed by atoms with Crippen molar-refractivity contribution < 1.29 is 28.6 Å². The summed E-state index contributed by atoms with van der Waals surface area (Å²) in [5.74, 6) is -0.0346. The van der Waals surface area contributed by atoms with Crippen LogP contribution in [-0.4, -0.2) is 43.0 Å². The lowest BCUT2D eigenvalue weighted by atomic mass is 10.1. The van der Waals surface area contributed by atoms with E-state index >= 15 is 0 Å². The first kappa shape index (κ1) is 18.8. The Morgan fingerprint density at radius 2 is 1.76 bits per heavy atom. The van der Waals surface area contributed by atoms with Crippen molar-refractivity contribution in [2.45, 2.75) is 39.2 Å². The molecule has 0 aliphatic carbocycles. The standard InChI is InChI=1S/C18H23NO6/c1-18(2,3)19-16(21)11-25-17(22)7-5-13(20)12-4-6-14-15(10-12)24-9-8-23-14/h4,6,10H,5,7-9,11H2,1-3H3,(H,19,21). The lowest BCUT2D eigenvalue weighted by Gasteiger charge is -2.20. The summed E-state index contributed by atoms with van der Waals surface area (Å²) in [6.07, 6.45) is -0.0879. The fraction of sp³-hybridized carbons (Fsp3) is 0.500. The summed E-state index contributed by atoms with van der Waals surface area (Å²) < 4.78 is 15.7. The Morgan fingerprint density at radius 3 is 2.44 bits per heavy atom. The van der Waals surface area contributed by atoms with Crippen LogP contribution in [-0.2, 0) is 14.3 Å². The van der Waals surface area contributed by atoms with E-state index in [1.807, 2.05) is 20.8 Å². The average Bonchev–Trinajstić information content (AvgIpc) is 2.56. The number of hydrogen-bond acceptors (Lipinski definition) is 6. The van der Waals surface area contributed by atoms with Gasteiger partial charge in [0.1, 0.15) is 13.2 Å². The number of Topliss-reactive ketones (excluding diaryl/α,β-unsaturated/α-hetero) is 1. The van der Waals surface area contributed by atoms with Crippen LogP contribution in [0.1, 0.15) is 44.0 Å². The van der Waals surface area contributed by atoms with Gasteiger partial charge in [0.15, 0.2) is 23.9 Å². The molecule has 1 aliphatic rings. The summed E-state index contributed by atoms with van der Waals surface area (Å²) in [5.41, 5.74) is 0.0556. The molecular formula is C18H23NO6. The number of hydrogen-bond donors (Lipinski definition) is 1. The molecule has 1 aromatic carbocycles.